The zero-order valence-corrected chi connectivity index (χ0v) is 17.0. The van der Waals surface area contributed by atoms with Gasteiger partial charge in [-0.3, -0.25) is 0 Å². The fraction of sp³-hybridized carbons (Fsp3) is 0.0870. The van der Waals surface area contributed by atoms with Crippen LogP contribution in [0.5, 0.6) is 0 Å². The minimum Gasteiger partial charge on any atom is -0.423 e. The molecule has 0 saturated heterocycles. The van der Waals surface area contributed by atoms with Gasteiger partial charge in [-0.25, -0.2) is 4.98 Å². The average Bonchev–Trinajstić information content (AvgIpc) is 3.23. The van der Waals surface area contributed by atoms with Crippen LogP contribution < -0.4 is 10.0 Å². The first-order valence-corrected chi connectivity index (χ1v) is 10.4. The summed E-state index contributed by atoms with van der Waals surface area (Å²) in [5.74, 6) is 1.21. The Bertz CT molecular complexity index is 1130. The number of nitrogens with zero attached hydrogens (tertiary/aromatic N) is 1. The topological polar surface area (TPSA) is 50.1 Å². The predicted octanol–water partition coefficient (Wildman–Crippen LogP) is 7.36. The Hall–Kier alpha value is -3.39. The van der Waals surface area contributed by atoms with E-state index in [9.17, 15) is 13.2 Å². The third kappa shape index (κ3) is 5.61. The van der Waals surface area contributed by atoms with E-state index in [1.165, 1.54) is 23.9 Å². The van der Waals surface area contributed by atoms with Gasteiger partial charge in [0.1, 0.15) is 0 Å². The zero-order chi connectivity index (χ0) is 21.7. The first-order chi connectivity index (χ1) is 15.0. The number of benzene rings is 3. The third-order valence-corrected chi connectivity index (χ3v) is 5.25. The lowest BCUT2D eigenvalue weighted by Crippen LogP contribution is -2.03. The summed E-state index contributed by atoms with van der Waals surface area (Å²) in [5, 5.41) is 3.07. The molecule has 0 atom stereocenters. The number of hydrogen-bond donors (Lipinski definition) is 2. The van der Waals surface area contributed by atoms with Gasteiger partial charge < -0.3 is 14.5 Å². The van der Waals surface area contributed by atoms with Crippen molar-refractivity contribution in [2.75, 3.05) is 10.0 Å². The van der Waals surface area contributed by atoms with Crippen LogP contribution in [0.2, 0.25) is 0 Å². The first kappa shape index (κ1) is 20.9. The highest BCUT2D eigenvalue weighted by Gasteiger charge is 2.30. The van der Waals surface area contributed by atoms with E-state index in [4.69, 9.17) is 4.42 Å². The lowest BCUT2D eigenvalue weighted by molar-refractivity contribution is -0.137. The second-order valence-electron chi connectivity index (χ2n) is 6.69. The Morgan fingerprint density at radius 1 is 0.871 bits per heavy atom. The van der Waals surface area contributed by atoms with Gasteiger partial charge >= 0.3 is 6.18 Å². The SMILES string of the molecule is FC(F)(F)c1ccc(-c2cnc(Nc3cccc(NSCc4ccccc4)c3)o2)cc1. The second kappa shape index (κ2) is 9.18. The number of alkyl halides is 3. The molecule has 0 spiro atoms. The molecule has 0 unspecified atom stereocenters. The molecule has 0 aliphatic carbocycles. The van der Waals surface area contributed by atoms with Crippen molar-refractivity contribution in [2.24, 2.45) is 0 Å². The zero-order valence-electron chi connectivity index (χ0n) is 16.2. The number of nitrogens with one attached hydrogen (secondary N) is 2. The number of anilines is 3. The van der Waals surface area contributed by atoms with Crippen LogP contribution in [-0.2, 0) is 11.9 Å². The van der Waals surface area contributed by atoms with E-state index in [1.807, 2.05) is 42.5 Å². The highest BCUT2D eigenvalue weighted by Crippen LogP contribution is 2.32. The van der Waals surface area contributed by atoms with Gasteiger partial charge in [-0.2, -0.15) is 13.2 Å². The van der Waals surface area contributed by atoms with Crippen molar-refractivity contribution < 1.29 is 17.6 Å². The smallest absolute Gasteiger partial charge is 0.416 e. The largest absolute Gasteiger partial charge is 0.423 e. The van der Waals surface area contributed by atoms with Crippen LogP contribution in [0.25, 0.3) is 11.3 Å². The van der Waals surface area contributed by atoms with E-state index in [1.54, 1.807) is 11.9 Å². The molecule has 0 bridgehead atoms. The van der Waals surface area contributed by atoms with E-state index in [-0.39, 0.29) is 6.01 Å². The lowest BCUT2D eigenvalue weighted by atomic mass is 10.1. The molecule has 4 rings (SSSR count). The van der Waals surface area contributed by atoms with Crippen LogP contribution in [0.15, 0.2) is 89.5 Å². The van der Waals surface area contributed by atoms with Crippen molar-refractivity contribution >= 4 is 29.3 Å². The van der Waals surface area contributed by atoms with E-state index in [2.05, 4.69) is 27.2 Å². The van der Waals surface area contributed by atoms with E-state index >= 15 is 0 Å². The highest BCUT2D eigenvalue weighted by atomic mass is 32.2. The molecule has 4 aromatic rings. The summed E-state index contributed by atoms with van der Waals surface area (Å²) in [6, 6.07) is 22.8. The fourth-order valence-electron chi connectivity index (χ4n) is 2.85. The van der Waals surface area contributed by atoms with Crippen LogP contribution in [0.1, 0.15) is 11.1 Å². The minimum atomic E-state index is -4.37. The van der Waals surface area contributed by atoms with Gasteiger partial charge in [0.05, 0.1) is 11.8 Å². The summed E-state index contributed by atoms with van der Waals surface area (Å²) in [6.07, 6.45) is -2.90. The van der Waals surface area contributed by atoms with Crippen molar-refractivity contribution in [3.05, 3.63) is 96.2 Å². The number of aromatic nitrogens is 1. The maximum Gasteiger partial charge on any atom is 0.416 e. The molecule has 3 aromatic carbocycles. The van der Waals surface area contributed by atoms with Crippen LogP contribution in [-0.4, -0.2) is 4.98 Å². The summed E-state index contributed by atoms with van der Waals surface area (Å²) in [4.78, 5) is 4.16. The molecule has 0 aliphatic heterocycles. The summed E-state index contributed by atoms with van der Waals surface area (Å²) >= 11 is 1.58. The summed E-state index contributed by atoms with van der Waals surface area (Å²) in [5.41, 5.74) is 2.72. The summed E-state index contributed by atoms with van der Waals surface area (Å²) in [6.45, 7) is 0. The maximum atomic E-state index is 12.7. The quantitative estimate of drug-likeness (QED) is 0.293. The molecule has 1 heterocycles. The maximum absolute atomic E-state index is 12.7. The van der Waals surface area contributed by atoms with Crippen molar-refractivity contribution in [1.29, 1.82) is 0 Å². The van der Waals surface area contributed by atoms with Gasteiger partial charge in [-0.1, -0.05) is 48.5 Å². The van der Waals surface area contributed by atoms with Gasteiger partial charge in [0.2, 0.25) is 0 Å². The molecular formula is C23H18F3N3OS. The molecule has 4 nitrogen and oxygen atoms in total. The lowest BCUT2D eigenvalue weighted by Gasteiger charge is -2.08. The van der Waals surface area contributed by atoms with Crippen molar-refractivity contribution in [3.8, 4) is 11.3 Å². The Morgan fingerprint density at radius 3 is 2.35 bits per heavy atom. The highest BCUT2D eigenvalue weighted by molar-refractivity contribution is 7.99. The van der Waals surface area contributed by atoms with Crippen LogP contribution >= 0.6 is 11.9 Å². The standard InChI is InChI=1S/C23H18F3N3OS/c24-23(25,26)18-11-9-17(10-12-18)21-14-27-22(30-21)28-19-7-4-8-20(13-19)29-31-15-16-5-2-1-3-6-16/h1-14,29H,15H2,(H,27,28). The number of rotatable bonds is 7. The Balaban J connectivity index is 1.37. The van der Waals surface area contributed by atoms with Crippen LogP contribution in [0.3, 0.4) is 0 Å². The number of oxazole rings is 1. The molecule has 0 radical (unpaired) electrons. The average molecular weight is 441 g/mol. The molecule has 1 aromatic heterocycles. The van der Waals surface area contributed by atoms with E-state index in [0.717, 1.165) is 29.3 Å². The molecule has 2 N–H and O–H groups in total. The van der Waals surface area contributed by atoms with Crippen LogP contribution in [0.4, 0.5) is 30.6 Å². The van der Waals surface area contributed by atoms with Crippen molar-refractivity contribution in [1.82, 2.24) is 4.98 Å². The van der Waals surface area contributed by atoms with Gasteiger partial charge in [-0.15, -0.1) is 0 Å². The summed E-state index contributed by atoms with van der Waals surface area (Å²) in [7, 11) is 0. The molecule has 158 valence electrons. The minimum absolute atomic E-state index is 0.254. The first-order valence-electron chi connectivity index (χ1n) is 9.40. The second-order valence-corrected chi connectivity index (χ2v) is 7.47. The molecule has 0 saturated carbocycles. The van der Waals surface area contributed by atoms with Gasteiger partial charge in [0.25, 0.3) is 6.01 Å². The molecule has 0 aliphatic rings. The Labute approximate surface area is 181 Å². The Morgan fingerprint density at radius 2 is 1.61 bits per heavy atom. The van der Waals surface area contributed by atoms with Crippen LogP contribution in [0, 0.1) is 0 Å². The monoisotopic (exact) mass is 441 g/mol. The summed E-state index contributed by atoms with van der Waals surface area (Å²) < 4.78 is 47.1. The van der Waals surface area contributed by atoms with E-state index < -0.39 is 11.7 Å². The fourth-order valence-corrected chi connectivity index (χ4v) is 3.57. The molecule has 8 heteroatoms. The number of halogens is 3. The molecular weight excluding hydrogens is 423 g/mol. The van der Waals surface area contributed by atoms with Gasteiger partial charge in [-0.05, 0) is 47.8 Å². The third-order valence-electron chi connectivity index (χ3n) is 4.39. The number of hydrogen-bond acceptors (Lipinski definition) is 5. The van der Waals surface area contributed by atoms with E-state index in [0.29, 0.717) is 11.3 Å². The van der Waals surface area contributed by atoms with Gasteiger partial charge in [0, 0.05) is 22.7 Å². The molecule has 0 fully saturated rings. The molecule has 31 heavy (non-hydrogen) atoms. The van der Waals surface area contributed by atoms with Crippen molar-refractivity contribution in [2.45, 2.75) is 11.9 Å². The molecule has 0 amide bonds. The van der Waals surface area contributed by atoms with Gasteiger partial charge in [0.15, 0.2) is 5.76 Å². The normalized spacial score (nSPS) is 11.3. The Kier molecular flexibility index (Phi) is 6.18. The predicted molar refractivity (Wildman–Crippen MR) is 118 cm³/mol. The van der Waals surface area contributed by atoms with Crippen molar-refractivity contribution in [3.63, 3.8) is 0 Å².